The van der Waals surface area contributed by atoms with Crippen LogP contribution >= 0.6 is 0 Å². The summed E-state index contributed by atoms with van der Waals surface area (Å²) in [6.45, 7) is 3.63. The second-order valence-corrected chi connectivity index (χ2v) is 5.45. The van der Waals surface area contributed by atoms with Crippen molar-refractivity contribution in [1.29, 1.82) is 0 Å². The van der Waals surface area contributed by atoms with Gasteiger partial charge in [-0.25, -0.2) is 4.39 Å². The normalized spacial score (nSPS) is 14.7. The molecule has 0 unspecified atom stereocenters. The van der Waals surface area contributed by atoms with Gasteiger partial charge in [0.15, 0.2) is 0 Å². The Labute approximate surface area is 118 Å². The van der Waals surface area contributed by atoms with E-state index in [1.54, 1.807) is 12.3 Å². The van der Waals surface area contributed by atoms with E-state index in [4.69, 9.17) is 0 Å². The molecular weight excluding hydrogens is 253 g/mol. The molecular formula is C16H20FN3. The van der Waals surface area contributed by atoms with Crippen molar-refractivity contribution in [1.82, 2.24) is 15.1 Å². The Morgan fingerprint density at radius 2 is 2.20 bits per heavy atom. The van der Waals surface area contributed by atoms with Gasteiger partial charge in [0, 0.05) is 36.5 Å². The van der Waals surface area contributed by atoms with Crippen molar-refractivity contribution in [3.63, 3.8) is 0 Å². The highest BCUT2D eigenvalue weighted by Crippen LogP contribution is 2.23. The zero-order valence-electron chi connectivity index (χ0n) is 11.8. The molecule has 0 spiro atoms. The highest BCUT2D eigenvalue weighted by atomic mass is 19.1. The van der Waals surface area contributed by atoms with Gasteiger partial charge in [0.25, 0.3) is 0 Å². The molecule has 4 heteroatoms. The molecule has 3 rings (SSSR count). The molecule has 0 radical (unpaired) electrons. The van der Waals surface area contributed by atoms with Gasteiger partial charge in [0.05, 0.1) is 6.20 Å². The van der Waals surface area contributed by atoms with Crippen LogP contribution in [-0.2, 0) is 13.1 Å². The Morgan fingerprint density at radius 3 is 2.90 bits per heavy atom. The van der Waals surface area contributed by atoms with Crippen LogP contribution in [0.2, 0.25) is 0 Å². The molecule has 1 saturated carbocycles. The maximum atomic E-state index is 14.1. The topological polar surface area (TPSA) is 29.9 Å². The lowest BCUT2D eigenvalue weighted by molar-refractivity contribution is 0.587. The van der Waals surface area contributed by atoms with Crippen molar-refractivity contribution in [2.45, 2.75) is 45.3 Å². The van der Waals surface area contributed by atoms with E-state index in [1.807, 2.05) is 23.0 Å². The van der Waals surface area contributed by atoms with E-state index in [2.05, 4.69) is 17.3 Å². The number of nitrogens with one attached hydrogen (secondary N) is 1. The Kier molecular flexibility index (Phi) is 3.83. The lowest BCUT2D eigenvalue weighted by Crippen LogP contribution is -2.16. The van der Waals surface area contributed by atoms with Crippen LogP contribution in [0.25, 0.3) is 11.1 Å². The summed E-state index contributed by atoms with van der Waals surface area (Å²) in [7, 11) is 0. The summed E-state index contributed by atoms with van der Waals surface area (Å²) in [5, 5.41) is 7.62. The van der Waals surface area contributed by atoms with Crippen LogP contribution in [0.5, 0.6) is 0 Å². The monoisotopic (exact) mass is 273 g/mol. The molecule has 0 aliphatic heterocycles. The molecule has 1 aromatic carbocycles. The number of aryl methyl sites for hydroxylation is 1. The average molecular weight is 273 g/mol. The van der Waals surface area contributed by atoms with Crippen molar-refractivity contribution in [3.8, 4) is 11.1 Å². The van der Waals surface area contributed by atoms with E-state index < -0.39 is 0 Å². The molecule has 3 nitrogen and oxygen atoms in total. The smallest absolute Gasteiger partial charge is 0.128 e. The minimum absolute atomic E-state index is 0.140. The molecule has 0 bridgehead atoms. The molecule has 1 aliphatic rings. The molecule has 1 heterocycles. The quantitative estimate of drug-likeness (QED) is 0.874. The van der Waals surface area contributed by atoms with E-state index >= 15 is 0 Å². The fourth-order valence-corrected chi connectivity index (χ4v) is 2.28. The second-order valence-electron chi connectivity index (χ2n) is 5.45. The molecule has 1 N–H and O–H groups in total. The van der Waals surface area contributed by atoms with Gasteiger partial charge in [-0.2, -0.15) is 5.10 Å². The van der Waals surface area contributed by atoms with Crippen molar-refractivity contribution < 1.29 is 4.39 Å². The van der Waals surface area contributed by atoms with Crippen LogP contribution in [0.4, 0.5) is 4.39 Å². The van der Waals surface area contributed by atoms with Crippen LogP contribution < -0.4 is 5.32 Å². The molecule has 1 aliphatic carbocycles. The fraction of sp³-hybridized carbons (Fsp3) is 0.438. The van der Waals surface area contributed by atoms with E-state index in [0.717, 1.165) is 29.7 Å². The van der Waals surface area contributed by atoms with Crippen molar-refractivity contribution >= 4 is 0 Å². The Bertz CT molecular complexity index is 587. The third-order valence-corrected chi connectivity index (χ3v) is 3.63. The molecule has 0 atom stereocenters. The van der Waals surface area contributed by atoms with Gasteiger partial charge in [0.1, 0.15) is 5.82 Å². The number of benzene rings is 1. The van der Waals surface area contributed by atoms with Gasteiger partial charge >= 0.3 is 0 Å². The zero-order valence-corrected chi connectivity index (χ0v) is 11.8. The van der Waals surface area contributed by atoms with Gasteiger partial charge in [0.2, 0.25) is 0 Å². The number of nitrogens with zero attached hydrogens (tertiary/aromatic N) is 2. The lowest BCUT2D eigenvalue weighted by Gasteiger charge is -2.06. The largest absolute Gasteiger partial charge is 0.310 e. The second kappa shape index (κ2) is 5.75. The lowest BCUT2D eigenvalue weighted by atomic mass is 10.1. The Morgan fingerprint density at radius 1 is 1.35 bits per heavy atom. The van der Waals surface area contributed by atoms with E-state index in [1.165, 1.54) is 12.8 Å². The van der Waals surface area contributed by atoms with Crippen molar-refractivity contribution in [2.75, 3.05) is 0 Å². The zero-order chi connectivity index (χ0) is 13.9. The summed E-state index contributed by atoms with van der Waals surface area (Å²) in [4.78, 5) is 0. The summed E-state index contributed by atoms with van der Waals surface area (Å²) in [5.41, 5.74) is 2.60. The van der Waals surface area contributed by atoms with E-state index in [0.29, 0.717) is 12.6 Å². The number of halogens is 1. The molecule has 1 aromatic heterocycles. The first-order chi connectivity index (χ1) is 9.76. The summed E-state index contributed by atoms with van der Waals surface area (Å²) in [6, 6.07) is 6.05. The van der Waals surface area contributed by atoms with Gasteiger partial charge in [-0.15, -0.1) is 0 Å². The molecule has 0 saturated heterocycles. The summed E-state index contributed by atoms with van der Waals surface area (Å²) < 4.78 is 16.0. The SMILES string of the molecule is CCCn1cc(-c2ccc(CNC3CC3)c(F)c2)cn1. The fourth-order valence-electron chi connectivity index (χ4n) is 2.28. The van der Waals surface area contributed by atoms with Crippen LogP contribution in [0.3, 0.4) is 0 Å². The molecule has 1 fully saturated rings. The van der Waals surface area contributed by atoms with Crippen molar-refractivity contribution in [3.05, 3.63) is 42.0 Å². The van der Waals surface area contributed by atoms with Crippen LogP contribution in [0, 0.1) is 5.82 Å². The van der Waals surface area contributed by atoms with Crippen molar-refractivity contribution in [2.24, 2.45) is 0 Å². The van der Waals surface area contributed by atoms with E-state index in [-0.39, 0.29) is 5.82 Å². The standard InChI is InChI=1S/C16H20FN3/c1-2-7-20-11-14(10-19-20)12-3-4-13(16(17)8-12)9-18-15-5-6-15/h3-4,8,10-11,15,18H,2,5-7,9H2,1H3. The average Bonchev–Trinajstić information content (AvgIpc) is 3.16. The third kappa shape index (κ3) is 3.07. The highest BCUT2D eigenvalue weighted by Gasteiger charge is 2.20. The molecule has 20 heavy (non-hydrogen) atoms. The minimum atomic E-state index is -0.140. The number of aromatic nitrogens is 2. The maximum absolute atomic E-state index is 14.1. The molecule has 2 aromatic rings. The maximum Gasteiger partial charge on any atom is 0.128 e. The van der Waals surface area contributed by atoms with Gasteiger partial charge in [-0.05, 0) is 30.9 Å². The van der Waals surface area contributed by atoms with Crippen LogP contribution in [-0.4, -0.2) is 15.8 Å². The molecule has 0 amide bonds. The van der Waals surface area contributed by atoms with Gasteiger partial charge < -0.3 is 5.32 Å². The minimum Gasteiger partial charge on any atom is -0.310 e. The predicted octanol–water partition coefficient (Wildman–Crippen LogP) is 3.35. The summed E-state index contributed by atoms with van der Waals surface area (Å²) >= 11 is 0. The number of hydrogen-bond donors (Lipinski definition) is 1. The highest BCUT2D eigenvalue weighted by molar-refractivity contribution is 5.62. The number of rotatable bonds is 6. The Balaban J connectivity index is 1.73. The predicted molar refractivity (Wildman–Crippen MR) is 77.8 cm³/mol. The summed E-state index contributed by atoms with van der Waals surface area (Å²) in [6.07, 6.45) is 7.25. The van der Waals surface area contributed by atoms with Gasteiger partial charge in [-0.1, -0.05) is 19.1 Å². The van der Waals surface area contributed by atoms with Crippen LogP contribution in [0.1, 0.15) is 31.7 Å². The first-order valence-electron chi connectivity index (χ1n) is 7.31. The van der Waals surface area contributed by atoms with E-state index in [9.17, 15) is 4.39 Å². The Hall–Kier alpha value is -1.68. The van der Waals surface area contributed by atoms with Gasteiger partial charge in [-0.3, -0.25) is 4.68 Å². The first-order valence-corrected chi connectivity index (χ1v) is 7.31. The van der Waals surface area contributed by atoms with Crippen LogP contribution in [0.15, 0.2) is 30.6 Å². The molecule has 106 valence electrons. The first kappa shape index (κ1) is 13.3. The number of hydrogen-bond acceptors (Lipinski definition) is 2. The third-order valence-electron chi connectivity index (χ3n) is 3.63. The summed E-state index contributed by atoms with van der Waals surface area (Å²) in [5.74, 6) is -0.140.